The van der Waals surface area contributed by atoms with Crippen molar-refractivity contribution < 1.29 is 9.90 Å². The van der Waals surface area contributed by atoms with E-state index in [-0.39, 0.29) is 5.92 Å². The fraction of sp³-hybridized carbons (Fsp3) is 0.385. The molecule has 1 fully saturated rings. The first-order chi connectivity index (χ1) is 8.61. The molecule has 0 aliphatic carbocycles. The van der Waals surface area contributed by atoms with Crippen molar-refractivity contribution in [2.45, 2.75) is 12.8 Å². The lowest BCUT2D eigenvalue weighted by atomic mass is 9.97. The van der Waals surface area contributed by atoms with E-state index >= 15 is 0 Å². The third kappa shape index (κ3) is 2.57. The highest BCUT2D eigenvalue weighted by Gasteiger charge is 2.26. The monoisotopic (exact) mass is 264 g/mol. The Morgan fingerprint density at radius 2 is 2.33 bits per heavy atom. The maximum Gasteiger partial charge on any atom is 0.308 e. The van der Waals surface area contributed by atoms with E-state index in [0.717, 1.165) is 18.7 Å². The number of carbonyl (C=O) groups is 1. The van der Waals surface area contributed by atoms with Crippen LogP contribution in [0.4, 0.5) is 5.69 Å². The van der Waals surface area contributed by atoms with Crippen LogP contribution in [0.2, 0.25) is 5.02 Å². The SMILES string of the molecule is N#Cc1ccc(Cl)cc1N1CCC[C@@H](C(=O)O)C1. The van der Waals surface area contributed by atoms with Gasteiger partial charge < -0.3 is 10.0 Å². The van der Waals surface area contributed by atoms with Gasteiger partial charge in [0.15, 0.2) is 0 Å². The van der Waals surface area contributed by atoms with Gasteiger partial charge in [-0.3, -0.25) is 4.79 Å². The molecule has 0 unspecified atom stereocenters. The predicted octanol–water partition coefficient (Wildman–Crippen LogP) is 2.51. The van der Waals surface area contributed by atoms with Gasteiger partial charge in [0.25, 0.3) is 0 Å². The van der Waals surface area contributed by atoms with E-state index in [0.29, 0.717) is 23.6 Å². The minimum atomic E-state index is -0.778. The summed E-state index contributed by atoms with van der Waals surface area (Å²) in [5.74, 6) is -1.15. The van der Waals surface area contributed by atoms with Gasteiger partial charge in [-0.05, 0) is 31.0 Å². The molecule has 18 heavy (non-hydrogen) atoms. The van der Waals surface area contributed by atoms with Gasteiger partial charge in [-0.25, -0.2) is 0 Å². The number of hydrogen-bond donors (Lipinski definition) is 1. The van der Waals surface area contributed by atoms with Crippen LogP contribution >= 0.6 is 11.6 Å². The van der Waals surface area contributed by atoms with E-state index in [1.165, 1.54) is 0 Å². The second-order valence-corrected chi connectivity index (χ2v) is 4.83. The van der Waals surface area contributed by atoms with Crippen molar-refractivity contribution in [3.63, 3.8) is 0 Å². The van der Waals surface area contributed by atoms with Gasteiger partial charge in [-0.1, -0.05) is 11.6 Å². The maximum absolute atomic E-state index is 11.0. The number of carboxylic acid groups (broad SMARTS) is 1. The lowest BCUT2D eigenvalue weighted by molar-refractivity contribution is -0.141. The number of aliphatic carboxylic acids is 1. The third-order valence-corrected chi connectivity index (χ3v) is 3.43. The van der Waals surface area contributed by atoms with Crippen molar-refractivity contribution in [3.8, 4) is 6.07 Å². The van der Waals surface area contributed by atoms with E-state index in [1.54, 1.807) is 18.2 Å². The van der Waals surface area contributed by atoms with Crippen molar-refractivity contribution in [2.75, 3.05) is 18.0 Å². The zero-order valence-electron chi connectivity index (χ0n) is 9.77. The molecule has 0 bridgehead atoms. The van der Waals surface area contributed by atoms with Crippen LogP contribution in [0.5, 0.6) is 0 Å². The fourth-order valence-electron chi connectivity index (χ4n) is 2.26. The molecular weight excluding hydrogens is 252 g/mol. The van der Waals surface area contributed by atoms with Crippen molar-refractivity contribution in [3.05, 3.63) is 28.8 Å². The molecule has 5 heteroatoms. The quantitative estimate of drug-likeness (QED) is 0.891. The number of halogens is 1. The Balaban J connectivity index is 2.28. The number of hydrogen-bond acceptors (Lipinski definition) is 3. The van der Waals surface area contributed by atoms with Crippen LogP contribution < -0.4 is 4.90 Å². The molecule has 1 aromatic rings. The molecule has 1 aliphatic heterocycles. The van der Waals surface area contributed by atoms with Gasteiger partial charge in [0.05, 0.1) is 17.2 Å². The van der Waals surface area contributed by atoms with E-state index in [9.17, 15) is 4.79 Å². The van der Waals surface area contributed by atoms with Gasteiger partial charge in [0.1, 0.15) is 6.07 Å². The number of nitrogens with zero attached hydrogens (tertiary/aromatic N) is 2. The zero-order valence-corrected chi connectivity index (χ0v) is 10.5. The number of piperidine rings is 1. The Labute approximate surface area is 110 Å². The summed E-state index contributed by atoms with van der Waals surface area (Å²) >= 11 is 5.94. The lowest BCUT2D eigenvalue weighted by Crippen LogP contribution is -2.39. The van der Waals surface area contributed by atoms with Crippen molar-refractivity contribution >= 4 is 23.3 Å². The molecule has 4 nitrogen and oxygen atoms in total. The average molecular weight is 265 g/mol. The molecule has 94 valence electrons. The first kappa shape index (κ1) is 12.7. The predicted molar refractivity (Wildman–Crippen MR) is 68.7 cm³/mol. The smallest absolute Gasteiger partial charge is 0.308 e. The van der Waals surface area contributed by atoms with Crippen LogP contribution in [0.25, 0.3) is 0 Å². The summed E-state index contributed by atoms with van der Waals surface area (Å²) < 4.78 is 0. The van der Waals surface area contributed by atoms with Gasteiger partial charge >= 0.3 is 5.97 Å². The van der Waals surface area contributed by atoms with Crippen LogP contribution in [0, 0.1) is 17.2 Å². The molecule has 1 saturated heterocycles. The second kappa shape index (κ2) is 5.28. The second-order valence-electron chi connectivity index (χ2n) is 4.40. The van der Waals surface area contributed by atoms with Crippen LogP contribution in [0.15, 0.2) is 18.2 Å². The molecule has 1 atom stereocenters. The van der Waals surface area contributed by atoms with Crippen LogP contribution in [0.1, 0.15) is 18.4 Å². The third-order valence-electron chi connectivity index (χ3n) is 3.19. The molecule has 1 heterocycles. The summed E-state index contributed by atoms with van der Waals surface area (Å²) in [4.78, 5) is 13.0. The zero-order chi connectivity index (χ0) is 13.1. The first-order valence-electron chi connectivity index (χ1n) is 5.79. The summed E-state index contributed by atoms with van der Waals surface area (Å²) in [6, 6.07) is 7.18. The molecule has 2 rings (SSSR count). The first-order valence-corrected chi connectivity index (χ1v) is 6.17. The van der Waals surface area contributed by atoms with Gasteiger partial charge in [0, 0.05) is 18.1 Å². The lowest BCUT2D eigenvalue weighted by Gasteiger charge is -2.33. The highest BCUT2D eigenvalue weighted by atomic mass is 35.5. The van der Waals surface area contributed by atoms with Crippen molar-refractivity contribution in [1.82, 2.24) is 0 Å². The van der Waals surface area contributed by atoms with Crippen LogP contribution in [-0.2, 0) is 4.79 Å². The van der Waals surface area contributed by atoms with Gasteiger partial charge in [-0.2, -0.15) is 5.26 Å². The standard InChI is InChI=1S/C13H13ClN2O2/c14-11-4-3-9(7-15)12(6-11)16-5-1-2-10(8-16)13(17)18/h3-4,6,10H,1-2,5,8H2,(H,17,18)/t10-/m1/s1. The molecule has 1 aliphatic rings. The van der Waals surface area contributed by atoms with Crippen molar-refractivity contribution in [2.24, 2.45) is 5.92 Å². The van der Waals surface area contributed by atoms with E-state index < -0.39 is 5.97 Å². The van der Waals surface area contributed by atoms with E-state index in [1.807, 2.05) is 4.90 Å². The number of nitriles is 1. The Morgan fingerprint density at radius 1 is 1.56 bits per heavy atom. The van der Waals surface area contributed by atoms with Gasteiger partial charge in [-0.15, -0.1) is 0 Å². The Kier molecular flexibility index (Phi) is 3.73. The molecule has 0 radical (unpaired) electrons. The number of rotatable bonds is 2. The summed E-state index contributed by atoms with van der Waals surface area (Å²) in [6.07, 6.45) is 1.50. The minimum absolute atomic E-state index is 0.371. The Bertz CT molecular complexity index is 510. The van der Waals surface area contributed by atoms with Gasteiger partial charge in [0.2, 0.25) is 0 Å². The maximum atomic E-state index is 11.0. The normalized spacial score (nSPS) is 19.3. The molecule has 0 saturated carbocycles. The molecule has 0 amide bonds. The average Bonchev–Trinajstić information content (AvgIpc) is 2.39. The molecule has 1 aromatic carbocycles. The Hall–Kier alpha value is -1.73. The van der Waals surface area contributed by atoms with Crippen molar-refractivity contribution in [1.29, 1.82) is 5.26 Å². The summed E-state index contributed by atoms with van der Waals surface area (Å²) in [6.45, 7) is 1.20. The van der Waals surface area contributed by atoms with E-state index in [4.69, 9.17) is 22.0 Å². The number of benzene rings is 1. The fourth-order valence-corrected chi connectivity index (χ4v) is 2.42. The Morgan fingerprint density at radius 3 is 3.00 bits per heavy atom. The molecular formula is C13H13ClN2O2. The highest BCUT2D eigenvalue weighted by Crippen LogP contribution is 2.28. The topological polar surface area (TPSA) is 64.3 Å². The number of anilines is 1. The largest absolute Gasteiger partial charge is 0.481 e. The summed E-state index contributed by atoms with van der Waals surface area (Å²) in [5, 5.41) is 18.7. The minimum Gasteiger partial charge on any atom is -0.481 e. The molecule has 0 aromatic heterocycles. The number of carboxylic acids is 1. The van der Waals surface area contributed by atoms with Crippen LogP contribution in [0.3, 0.4) is 0 Å². The van der Waals surface area contributed by atoms with Crippen LogP contribution in [-0.4, -0.2) is 24.2 Å². The molecule has 1 N–H and O–H groups in total. The summed E-state index contributed by atoms with van der Waals surface area (Å²) in [7, 11) is 0. The highest BCUT2D eigenvalue weighted by molar-refractivity contribution is 6.30. The molecule has 0 spiro atoms. The van der Waals surface area contributed by atoms with E-state index in [2.05, 4.69) is 6.07 Å². The summed E-state index contributed by atoms with van der Waals surface area (Å²) in [5.41, 5.74) is 1.27.